The Kier molecular flexibility index (Phi) is 4.71. The van der Waals surface area contributed by atoms with Gasteiger partial charge in [0.2, 0.25) is 0 Å². The van der Waals surface area contributed by atoms with E-state index < -0.39 is 0 Å². The lowest BCUT2D eigenvalue weighted by molar-refractivity contribution is 0.0950. The van der Waals surface area contributed by atoms with Crippen LogP contribution in [-0.4, -0.2) is 29.4 Å². The third-order valence-electron chi connectivity index (χ3n) is 2.93. The molecule has 0 spiro atoms. The Morgan fingerprint density at radius 2 is 2.24 bits per heavy atom. The Balaban J connectivity index is 1.97. The van der Waals surface area contributed by atoms with Gasteiger partial charge >= 0.3 is 0 Å². The molecule has 1 amide bonds. The number of ether oxygens (including phenoxy) is 1. The molecule has 0 atom stereocenters. The third-order valence-corrected chi connectivity index (χ3v) is 2.93. The van der Waals surface area contributed by atoms with Crippen LogP contribution in [-0.2, 0) is 0 Å². The van der Waals surface area contributed by atoms with E-state index in [2.05, 4.69) is 20.7 Å². The normalized spacial score (nSPS) is 11.0. The van der Waals surface area contributed by atoms with Crippen LogP contribution in [0.15, 0.2) is 35.4 Å². The van der Waals surface area contributed by atoms with Crippen molar-refractivity contribution in [1.29, 1.82) is 0 Å². The predicted octanol–water partition coefficient (Wildman–Crippen LogP) is 2.31. The zero-order valence-corrected chi connectivity index (χ0v) is 12.3. The average Bonchev–Trinajstić information content (AvgIpc) is 2.97. The molecule has 110 valence electrons. The minimum Gasteiger partial charge on any atom is -0.497 e. The molecule has 0 aliphatic rings. The van der Waals surface area contributed by atoms with Crippen LogP contribution in [0.5, 0.6) is 5.75 Å². The number of aromatic amines is 1. The van der Waals surface area contributed by atoms with Crippen LogP contribution in [0.2, 0.25) is 0 Å². The van der Waals surface area contributed by atoms with Gasteiger partial charge in [0.15, 0.2) is 5.69 Å². The van der Waals surface area contributed by atoms with Crippen molar-refractivity contribution in [2.75, 3.05) is 7.11 Å². The number of nitrogens with one attached hydrogen (secondary N) is 2. The van der Waals surface area contributed by atoms with Gasteiger partial charge in [0, 0.05) is 5.69 Å². The first-order chi connectivity index (χ1) is 10.1. The molecule has 0 aliphatic heterocycles. The number of nitrogens with zero attached hydrogens (tertiary/aromatic N) is 2. The van der Waals surface area contributed by atoms with E-state index in [4.69, 9.17) is 4.74 Å². The molecule has 1 aromatic heterocycles. The molecule has 2 aromatic rings. The van der Waals surface area contributed by atoms with Gasteiger partial charge in [-0.2, -0.15) is 10.2 Å². The van der Waals surface area contributed by atoms with Crippen LogP contribution in [0.25, 0.3) is 0 Å². The molecule has 6 heteroatoms. The fraction of sp³-hybridized carbons (Fsp3) is 0.267. The molecule has 1 aromatic carbocycles. The van der Waals surface area contributed by atoms with Crippen LogP contribution in [0.3, 0.4) is 0 Å². The molecule has 0 saturated heterocycles. The summed E-state index contributed by atoms with van der Waals surface area (Å²) < 4.78 is 5.11. The summed E-state index contributed by atoms with van der Waals surface area (Å²) in [5.41, 5.74) is 4.51. The number of hydrogen-bond donors (Lipinski definition) is 2. The minimum atomic E-state index is -0.350. The number of benzene rings is 1. The quantitative estimate of drug-likeness (QED) is 0.654. The summed E-state index contributed by atoms with van der Waals surface area (Å²) in [4.78, 5) is 11.9. The summed E-state index contributed by atoms with van der Waals surface area (Å²) in [6.45, 7) is 4.05. The number of carbonyl (C=O) groups is 1. The maximum atomic E-state index is 11.9. The van der Waals surface area contributed by atoms with E-state index >= 15 is 0 Å². The van der Waals surface area contributed by atoms with Crippen LogP contribution in [0, 0.1) is 0 Å². The van der Waals surface area contributed by atoms with E-state index in [-0.39, 0.29) is 5.91 Å². The van der Waals surface area contributed by atoms with Crippen molar-refractivity contribution in [3.63, 3.8) is 0 Å². The highest BCUT2D eigenvalue weighted by Gasteiger charge is 2.11. The molecule has 0 fully saturated rings. The Morgan fingerprint density at radius 3 is 2.90 bits per heavy atom. The number of hydrazone groups is 1. The summed E-state index contributed by atoms with van der Waals surface area (Å²) in [5.74, 6) is 0.677. The second-order valence-corrected chi connectivity index (χ2v) is 4.84. The Morgan fingerprint density at radius 1 is 1.43 bits per heavy atom. The van der Waals surface area contributed by atoms with E-state index in [9.17, 15) is 4.79 Å². The summed E-state index contributed by atoms with van der Waals surface area (Å²) in [7, 11) is 1.60. The molecule has 0 bridgehead atoms. The van der Waals surface area contributed by atoms with Gasteiger partial charge in [0.1, 0.15) is 5.75 Å². The number of H-pyrrole nitrogens is 1. The molecule has 0 radical (unpaired) electrons. The summed E-state index contributed by atoms with van der Waals surface area (Å²) >= 11 is 0. The van der Waals surface area contributed by atoms with E-state index in [0.717, 1.165) is 17.0 Å². The van der Waals surface area contributed by atoms with Gasteiger partial charge in [-0.1, -0.05) is 26.0 Å². The van der Waals surface area contributed by atoms with E-state index in [1.807, 2.05) is 38.1 Å². The average molecular weight is 286 g/mol. The van der Waals surface area contributed by atoms with Crippen molar-refractivity contribution < 1.29 is 9.53 Å². The van der Waals surface area contributed by atoms with Crippen LogP contribution in [0.4, 0.5) is 0 Å². The lowest BCUT2D eigenvalue weighted by Gasteiger charge is -2.00. The van der Waals surface area contributed by atoms with Gasteiger partial charge < -0.3 is 4.74 Å². The fourth-order valence-electron chi connectivity index (χ4n) is 1.69. The zero-order valence-electron chi connectivity index (χ0n) is 12.3. The maximum absolute atomic E-state index is 11.9. The first-order valence-electron chi connectivity index (χ1n) is 6.63. The molecule has 0 saturated carbocycles. The van der Waals surface area contributed by atoms with Crippen LogP contribution < -0.4 is 10.2 Å². The number of methoxy groups -OCH3 is 1. The lowest BCUT2D eigenvalue weighted by atomic mass is 10.1. The highest BCUT2D eigenvalue weighted by Crippen LogP contribution is 2.12. The highest BCUT2D eigenvalue weighted by molar-refractivity contribution is 5.93. The van der Waals surface area contributed by atoms with Crippen molar-refractivity contribution in [2.24, 2.45) is 5.10 Å². The number of carbonyl (C=O) groups excluding carboxylic acids is 1. The number of amides is 1. The van der Waals surface area contributed by atoms with Crippen molar-refractivity contribution in [1.82, 2.24) is 15.6 Å². The molecular weight excluding hydrogens is 268 g/mol. The van der Waals surface area contributed by atoms with Gasteiger partial charge in [-0.3, -0.25) is 9.89 Å². The highest BCUT2D eigenvalue weighted by atomic mass is 16.5. The predicted molar refractivity (Wildman–Crippen MR) is 80.7 cm³/mol. The molecule has 1 heterocycles. The Labute approximate surface area is 123 Å². The molecule has 0 unspecified atom stereocenters. The summed E-state index contributed by atoms with van der Waals surface area (Å²) in [6, 6.07) is 9.10. The smallest absolute Gasteiger partial charge is 0.291 e. The van der Waals surface area contributed by atoms with Crippen LogP contribution >= 0.6 is 0 Å². The molecular formula is C15H18N4O2. The molecule has 2 rings (SSSR count). The fourth-order valence-corrected chi connectivity index (χ4v) is 1.69. The number of rotatable bonds is 5. The molecule has 21 heavy (non-hydrogen) atoms. The second-order valence-electron chi connectivity index (χ2n) is 4.84. The molecule has 6 nitrogen and oxygen atoms in total. The Bertz CT molecular complexity index is 647. The van der Waals surface area contributed by atoms with Crippen molar-refractivity contribution in [3.8, 4) is 5.75 Å². The molecule has 0 aliphatic carbocycles. The SMILES string of the molecule is COc1cccc(/C=N/NC(=O)c2cc(C(C)C)[nH]n2)c1. The standard InChI is InChI=1S/C15H18N4O2/c1-10(2)13-8-14(18-17-13)15(20)19-16-9-11-5-4-6-12(7-11)21-3/h4-10H,1-3H3,(H,17,18)(H,19,20)/b16-9+. The monoisotopic (exact) mass is 286 g/mol. The zero-order chi connectivity index (χ0) is 15.2. The number of aromatic nitrogens is 2. The van der Waals surface area contributed by atoms with Gasteiger partial charge in [-0.05, 0) is 29.7 Å². The topological polar surface area (TPSA) is 79.4 Å². The van der Waals surface area contributed by atoms with Gasteiger partial charge in [0.25, 0.3) is 5.91 Å². The third kappa shape index (κ3) is 3.92. The van der Waals surface area contributed by atoms with Crippen molar-refractivity contribution in [3.05, 3.63) is 47.3 Å². The molecule has 2 N–H and O–H groups in total. The maximum Gasteiger partial charge on any atom is 0.291 e. The van der Waals surface area contributed by atoms with Gasteiger partial charge in [-0.25, -0.2) is 5.43 Å². The first kappa shape index (κ1) is 14.8. The Hall–Kier alpha value is -2.63. The first-order valence-corrected chi connectivity index (χ1v) is 6.63. The van der Waals surface area contributed by atoms with Gasteiger partial charge in [0.05, 0.1) is 13.3 Å². The number of hydrogen-bond acceptors (Lipinski definition) is 4. The van der Waals surface area contributed by atoms with Crippen LogP contribution in [0.1, 0.15) is 41.5 Å². The second kappa shape index (κ2) is 6.69. The van der Waals surface area contributed by atoms with Gasteiger partial charge in [-0.15, -0.1) is 0 Å². The minimum absolute atomic E-state index is 0.291. The van der Waals surface area contributed by atoms with E-state index in [1.54, 1.807) is 19.4 Å². The summed E-state index contributed by atoms with van der Waals surface area (Å²) in [6.07, 6.45) is 1.55. The van der Waals surface area contributed by atoms with Crippen molar-refractivity contribution in [2.45, 2.75) is 19.8 Å². The van der Waals surface area contributed by atoms with Crippen molar-refractivity contribution >= 4 is 12.1 Å². The largest absolute Gasteiger partial charge is 0.497 e. The summed E-state index contributed by atoms with van der Waals surface area (Å²) in [5, 5.41) is 10.7. The van der Waals surface area contributed by atoms with E-state index in [0.29, 0.717) is 11.6 Å². The van der Waals surface area contributed by atoms with E-state index in [1.165, 1.54) is 0 Å². The lowest BCUT2D eigenvalue weighted by Crippen LogP contribution is -2.18.